The smallest absolute Gasteiger partial charge is 0.273 e. The average Bonchev–Trinajstić information content (AvgIpc) is 2.54. The number of hydrogen-bond donors (Lipinski definition) is 0. The van der Waals surface area contributed by atoms with E-state index in [0.29, 0.717) is 17.0 Å². The zero-order chi connectivity index (χ0) is 19.7. The third kappa shape index (κ3) is 4.34. The van der Waals surface area contributed by atoms with Gasteiger partial charge in [0.25, 0.3) is 0 Å². The van der Waals surface area contributed by atoms with Gasteiger partial charge in [-0.2, -0.15) is 26.3 Å². The molecule has 0 saturated carbocycles. The highest BCUT2D eigenvalue weighted by Gasteiger charge is 2.38. The molecule has 0 aliphatic carbocycles. The Bertz CT molecular complexity index is 801. The first-order valence-corrected chi connectivity index (χ1v) is 7.17. The summed E-state index contributed by atoms with van der Waals surface area (Å²) in [5.41, 5.74) is -4.17. The van der Waals surface area contributed by atoms with Crippen LogP contribution in [-0.4, -0.2) is 11.1 Å². The van der Waals surface area contributed by atoms with Gasteiger partial charge in [0.05, 0.1) is 16.8 Å². The first kappa shape index (κ1) is 19.8. The number of anilines is 2. The first-order chi connectivity index (χ1) is 11.9. The highest BCUT2D eigenvalue weighted by molar-refractivity contribution is 6.82. The van der Waals surface area contributed by atoms with Crippen molar-refractivity contribution in [1.29, 1.82) is 0 Å². The molecule has 0 aromatic heterocycles. The van der Waals surface area contributed by atoms with Gasteiger partial charge >= 0.3 is 23.5 Å². The number of para-hydroxylation sites is 1. The van der Waals surface area contributed by atoms with Gasteiger partial charge in [-0.3, -0.25) is 14.5 Å². The Morgan fingerprint density at radius 3 is 1.62 bits per heavy atom. The highest BCUT2D eigenvalue weighted by Crippen LogP contribution is 2.39. The molecule has 0 heterocycles. The van der Waals surface area contributed by atoms with Crippen LogP contribution in [0.25, 0.3) is 0 Å². The molecule has 0 aliphatic rings. The van der Waals surface area contributed by atoms with Crippen molar-refractivity contribution in [3.05, 3.63) is 59.7 Å². The fraction of sp³-hybridized carbons (Fsp3) is 0.125. The molecule has 2 aromatic rings. The van der Waals surface area contributed by atoms with Crippen molar-refractivity contribution < 1.29 is 35.9 Å². The van der Waals surface area contributed by atoms with Crippen LogP contribution in [0.1, 0.15) is 11.1 Å². The number of carbonyl (C=O) groups excluding carboxylic acids is 2. The molecule has 0 unspecified atom stereocenters. The van der Waals surface area contributed by atoms with Crippen LogP contribution in [0.3, 0.4) is 0 Å². The zero-order valence-electron chi connectivity index (χ0n) is 12.5. The lowest BCUT2D eigenvalue weighted by Gasteiger charge is -2.23. The molecule has 0 spiro atoms. The van der Waals surface area contributed by atoms with Crippen LogP contribution in [0.5, 0.6) is 0 Å². The number of halogens is 7. The van der Waals surface area contributed by atoms with Crippen molar-refractivity contribution in [2.45, 2.75) is 12.4 Å². The van der Waals surface area contributed by atoms with E-state index in [2.05, 4.69) is 0 Å². The third-order valence-electron chi connectivity index (χ3n) is 3.22. The van der Waals surface area contributed by atoms with E-state index < -0.39 is 40.3 Å². The predicted octanol–water partition coefficient (Wildman–Crippen LogP) is 5.15. The summed E-state index contributed by atoms with van der Waals surface area (Å²) < 4.78 is 78.0. The van der Waals surface area contributed by atoms with Gasteiger partial charge in [-0.05, 0) is 41.9 Å². The first-order valence-electron chi connectivity index (χ1n) is 6.79. The Labute approximate surface area is 147 Å². The van der Waals surface area contributed by atoms with Gasteiger partial charge in [-0.25, -0.2) is 0 Å². The van der Waals surface area contributed by atoms with Crippen LogP contribution in [-0.2, 0) is 21.9 Å². The quantitative estimate of drug-likeness (QED) is 0.409. The molecule has 0 aliphatic heterocycles. The van der Waals surface area contributed by atoms with E-state index in [9.17, 15) is 35.9 Å². The molecule has 0 N–H and O–H groups in total. The molecular formula is C16H8ClF6NO2. The molecule has 0 bridgehead atoms. The van der Waals surface area contributed by atoms with Gasteiger partial charge in [-0.1, -0.05) is 18.2 Å². The molecule has 2 aromatic carbocycles. The summed E-state index contributed by atoms with van der Waals surface area (Å²) in [6, 6.07) is 7.30. The lowest BCUT2D eigenvalue weighted by atomic mass is 10.1. The van der Waals surface area contributed by atoms with Crippen LogP contribution < -0.4 is 4.90 Å². The second-order valence-electron chi connectivity index (χ2n) is 5.01. The minimum absolute atomic E-state index is 0.0837. The number of nitrogens with zero attached hydrogens (tertiary/aromatic N) is 1. The standard InChI is InChI=1S/C16H8ClF6NO2/c17-13(25)14(26)24(11-4-2-1-3-5-11)12-7-9(15(18,19)20)6-10(8-12)16(21,22)23/h1-8H. The maximum absolute atomic E-state index is 13.0. The van der Waals surface area contributed by atoms with E-state index in [1.54, 1.807) is 0 Å². The number of benzene rings is 2. The molecule has 0 atom stereocenters. The topological polar surface area (TPSA) is 37.4 Å². The van der Waals surface area contributed by atoms with E-state index in [4.69, 9.17) is 11.6 Å². The van der Waals surface area contributed by atoms with Crippen LogP contribution in [0.15, 0.2) is 48.5 Å². The maximum Gasteiger partial charge on any atom is 0.416 e. The molecule has 10 heteroatoms. The van der Waals surface area contributed by atoms with Gasteiger partial charge < -0.3 is 0 Å². The Hall–Kier alpha value is -2.55. The van der Waals surface area contributed by atoms with Crippen molar-refractivity contribution in [2.75, 3.05) is 4.90 Å². The third-order valence-corrected chi connectivity index (χ3v) is 3.38. The number of alkyl halides is 6. The molecule has 0 fully saturated rings. The van der Waals surface area contributed by atoms with Crippen LogP contribution in [0.2, 0.25) is 0 Å². The van der Waals surface area contributed by atoms with E-state index in [-0.39, 0.29) is 11.8 Å². The highest BCUT2D eigenvalue weighted by atomic mass is 35.5. The normalized spacial score (nSPS) is 12.0. The van der Waals surface area contributed by atoms with Crippen molar-refractivity contribution in [1.82, 2.24) is 0 Å². The van der Waals surface area contributed by atoms with Crippen molar-refractivity contribution in [2.24, 2.45) is 0 Å². The monoisotopic (exact) mass is 395 g/mol. The summed E-state index contributed by atoms with van der Waals surface area (Å²) in [4.78, 5) is 23.7. The second kappa shape index (κ2) is 6.99. The van der Waals surface area contributed by atoms with Crippen LogP contribution in [0.4, 0.5) is 37.7 Å². The summed E-state index contributed by atoms with van der Waals surface area (Å²) in [6.07, 6.45) is -10.2. The van der Waals surface area contributed by atoms with Gasteiger partial charge in [0, 0.05) is 5.69 Å². The van der Waals surface area contributed by atoms with Gasteiger partial charge in [0.15, 0.2) is 0 Å². The molecule has 138 valence electrons. The number of amides is 1. The Kier molecular flexibility index (Phi) is 5.31. The summed E-state index contributed by atoms with van der Waals surface area (Å²) in [7, 11) is 0. The summed E-state index contributed by atoms with van der Waals surface area (Å²) in [6.45, 7) is 0. The molecule has 26 heavy (non-hydrogen) atoms. The van der Waals surface area contributed by atoms with E-state index in [1.807, 2.05) is 0 Å². The summed E-state index contributed by atoms with van der Waals surface area (Å²) in [5.74, 6) is -1.50. The maximum atomic E-state index is 13.0. The Balaban J connectivity index is 2.75. The van der Waals surface area contributed by atoms with Crippen molar-refractivity contribution in [3.8, 4) is 0 Å². The summed E-state index contributed by atoms with van der Waals surface area (Å²) >= 11 is 5.11. The molecule has 0 radical (unpaired) electrons. The summed E-state index contributed by atoms with van der Waals surface area (Å²) in [5, 5.41) is -1.57. The van der Waals surface area contributed by atoms with Crippen molar-refractivity contribution in [3.63, 3.8) is 0 Å². The van der Waals surface area contributed by atoms with Crippen LogP contribution in [0, 0.1) is 0 Å². The Morgan fingerprint density at radius 1 is 0.769 bits per heavy atom. The lowest BCUT2D eigenvalue weighted by Crippen LogP contribution is -2.31. The number of hydrogen-bond acceptors (Lipinski definition) is 2. The number of rotatable bonds is 3. The van der Waals surface area contributed by atoms with Gasteiger partial charge in [0.2, 0.25) is 0 Å². The minimum atomic E-state index is -5.10. The predicted molar refractivity (Wildman–Crippen MR) is 80.9 cm³/mol. The van der Waals surface area contributed by atoms with E-state index in [0.717, 1.165) is 0 Å². The van der Waals surface area contributed by atoms with Gasteiger partial charge in [0.1, 0.15) is 0 Å². The zero-order valence-corrected chi connectivity index (χ0v) is 13.3. The fourth-order valence-electron chi connectivity index (χ4n) is 2.12. The van der Waals surface area contributed by atoms with Gasteiger partial charge in [-0.15, -0.1) is 0 Å². The number of carbonyl (C=O) groups is 2. The fourth-order valence-corrected chi connectivity index (χ4v) is 2.20. The molecule has 3 nitrogen and oxygen atoms in total. The largest absolute Gasteiger partial charge is 0.416 e. The average molecular weight is 396 g/mol. The minimum Gasteiger partial charge on any atom is -0.273 e. The van der Waals surface area contributed by atoms with Crippen molar-refractivity contribution >= 4 is 34.1 Å². The molecular weight excluding hydrogens is 388 g/mol. The van der Waals surface area contributed by atoms with E-state index >= 15 is 0 Å². The molecule has 2 rings (SSSR count). The molecule has 0 saturated heterocycles. The van der Waals surface area contributed by atoms with Crippen LogP contribution >= 0.6 is 11.6 Å². The second-order valence-corrected chi connectivity index (χ2v) is 5.36. The molecule has 1 amide bonds. The lowest BCUT2D eigenvalue weighted by molar-refractivity contribution is -0.143. The Morgan fingerprint density at radius 2 is 1.23 bits per heavy atom. The SMILES string of the molecule is O=C(Cl)C(=O)N(c1ccccc1)c1cc(C(F)(F)F)cc(C(F)(F)F)c1. The van der Waals surface area contributed by atoms with E-state index in [1.165, 1.54) is 30.3 Å².